The number of hydrogen-bond donors (Lipinski definition) is 2. The Labute approximate surface area is 169 Å². The Morgan fingerprint density at radius 3 is 2.14 bits per heavy atom. The largest absolute Gasteiger partial charge is 0.496 e. The molecule has 0 spiro atoms. The van der Waals surface area contributed by atoms with Gasteiger partial charge in [-0.2, -0.15) is 0 Å². The van der Waals surface area contributed by atoms with Crippen LogP contribution in [0.3, 0.4) is 0 Å². The van der Waals surface area contributed by atoms with Crippen LogP contribution in [0.1, 0.15) is 17.3 Å². The Balaban J connectivity index is 1.68. The van der Waals surface area contributed by atoms with Crippen molar-refractivity contribution in [2.45, 2.75) is 6.92 Å². The second-order valence-electron chi connectivity index (χ2n) is 6.01. The van der Waals surface area contributed by atoms with E-state index in [2.05, 4.69) is 15.6 Å². The third kappa shape index (κ3) is 4.95. The van der Waals surface area contributed by atoms with Gasteiger partial charge in [-0.05, 0) is 55.5 Å². The van der Waals surface area contributed by atoms with Crippen LogP contribution < -0.4 is 24.8 Å². The van der Waals surface area contributed by atoms with E-state index in [0.717, 1.165) is 11.4 Å². The third-order valence-electron chi connectivity index (χ3n) is 4.11. The molecule has 3 rings (SSSR count). The fraction of sp³-hybridized carbons (Fsp3) is 0.182. The van der Waals surface area contributed by atoms with Crippen molar-refractivity contribution < 1.29 is 19.0 Å². The lowest BCUT2D eigenvalue weighted by Gasteiger charge is -2.13. The summed E-state index contributed by atoms with van der Waals surface area (Å²) in [5.74, 6) is 2.00. The maximum Gasteiger partial charge on any atom is 0.263 e. The Morgan fingerprint density at radius 1 is 0.931 bits per heavy atom. The van der Waals surface area contributed by atoms with Crippen LogP contribution in [-0.2, 0) is 0 Å². The Hall–Kier alpha value is -3.74. The Morgan fingerprint density at radius 2 is 1.59 bits per heavy atom. The number of ether oxygens (including phenoxy) is 3. The minimum Gasteiger partial charge on any atom is -0.496 e. The van der Waals surface area contributed by atoms with E-state index in [-0.39, 0.29) is 5.91 Å². The van der Waals surface area contributed by atoms with Crippen LogP contribution in [0.2, 0.25) is 0 Å². The van der Waals surface area contributed by atoms with E-state index in [0.29, 0.717) is 35.2 Å². The van der Waals surface area contributed by atoms with Crippen molar-refractivity contribution in [3.05, 3.63) is 66.4 Å². The normalized spacial score (nSPS) is 10.2. The maximum atomic E-state index is 12.7. The molecule has 0 aliphatic rings. The van der Waals surface area contributed by atoms with E-state index in [9.17, 15) is 4.79 Å². The average molecular weight is 393 g/mol. The number of amides is 1. The molecule has 7 heteroatoms. The summed E-state index contributed by atoms with van der Waals surface area (Å²) in [6, 6.07) is 16.3. The molecule has 0 bridgehead atoms. The number of aromatic nitrogens is 1. The van der Waals surface area contributed by atoms with Crippen molar-refractivity contribution in [3.63, 3.8) is 0 Å². The van der Waals surface area contributed by atoms with E-state index < -0.39 is 0 Å². The van der Waals surface area contributed by atoms with Crippen molar-refractivity contribution in [3.8, 4) is 17.2 Å². The highest BCUT2D eigenvalue weighted by atomic mass is 16.5. The van der Waals surface area contributed by atoms with Gasteiger partial charge in [-0.25, -0.2) is 4.98 Å². The average Bonchev–Trinajstić information content (AvgIpc) is 2.76. The summed E-state index contributed by atoms with van der Waals surface area (Å²) < 4.78 is 16.0. The smallest absolute Gasteiger partial charge is 0.263 e. The molecule has 0 saturated heterocycles. The van der Waals surface area contributed by atoms with Gasteiger partial charge in [0.05, 0.1) is 32.7 Å². The quantitative estimate of drug-likeness (QED) is 0.587. The van der Waals surface area contributed by atoms with Crippen LogP contribution in [0.15, 0.2) is 60.8 Å². The van der Waals surface area contributed by atoms with Crippen molar-refractivity contribution in [1.29, 1.82) is 0 Å². The van der Waals surface area contributed by atoms with E-state index in [1.54, 1.807) is 36.5 Å². The van der Waals surface area contributed by atoms with Crippen molar-refractivity contribution in [2.24, 2.45) is 0 Å². The first-order valence-corrected chi connectivity index (χ1v) is 9.13. The molecule has 1 aromatic heterocycles. The zero-order chi connectivity index (χ0) is 20.6. The van der Waals surface area contributed by atoms with Crippen molar-refractivity contribution >= 4 is 23.1 Å². The standard InChI is InChI=1S/C22H23N3O4/c1-4-29-17-11-8-15(9-12-17)24-20-13-10-16(14-23-20)25-22(26)21-18(27-2)6-5-7-19(21)28-3/h5-14H,4H2,1-3H3,(H,23,24)(H,25,26). The number of carbonyl (C=O) groups is 1. The second-order valence-corrected chi connectivity index (χ2v) is 6.01. The van der Waals surface area contributed by atoms with E-state index in [1.807, 2.05) is 31.2 Å². The number of benzene rings is 2. The minimum atomic E-state index is -0.340. The number of pyridine rings is 1. The van der Waals surface area contributed by atoms with Gasteiger partial charge >= 0.3 is 0 Å². The molecule has 2 N–H and O–H groups in total. The maximum absolute atomic E-state index is 12.7. The topological polar surface area (TPSA) is 81.7 Å². The van der Waals surface area contributed by atoms with Crippen LogP contribution in [0.25, 0.3) is 0 Å². The Kier molecular flexibility index (Phi) is 6.52. The fourth-order valence-corrected chi connectivity index (χ4v) is 2.76. The summed E-state index contributed by atoms with van der Waals surface area (Å²) in [6.45, 7) is 2.57. The van der Waals surface area contributed by atoms with Gasteiger partial charge in [0.15, 0.2) is 0 Å². The van der Waals surface area contributed by atoms with Crippen LogP contribution in [0, 0.1) is 0 Å². The molecule has 0 aliphatic heterocycles. The molecule has 0 fully saturated rings. The number of methoxy groups -OCH3 is 2. The molecule has 0 radical (unpaired) electrons. The fourth-order valence-electron chi connectivity index (χ4n) is 2.76. The van der Waals surface area contributed by atoms with Crippen LogP contribution >= 0.6 is 0 Å². The van der Waals surface area contributed by atoms with Crippen LogP contribution in [-0.4, -0.2) is 31.7 Å². The number of nitrogens with one attached hydrogen (secondary N) is 2. The molecule has 2 aromatic carbocycles. The molecule has 0 aliphatic carbocycles. The van der Waals surface area contributed by atoms with Gasteiger partial charge in [0.1, 0.15) is 28.6 Å². The third-order valence-corrected chi connectivity index (χ3v) is 4.11. The van der Waals surface area contributed by atoms with Gasteiger partial charge < -0.3 is 24.8 Å². The number of rotatable bonds is 8. The van der Waals surface area contributed by atoms with Crippen molar-refractivity contribution in [1.82, 2.24) is 4.98 Å². The molecule has 0 saturated carbocycles. The molecular weight excluding hydrogens is 370 g/mol. The number of carbonyl (C=O) groups excluding carboxylic acids is 1. The van der Waals surface area contributed by atoms with Gasteiger partial charge in [0.2, 0.25) is 0 Å². The predicted molar refractivity (Wildman–Crippen MR) is 113 cm³/mol. The van der Waals surface area contributed by atoms with Gasteiger partial charge in [0.25, 0.3) is 5.91 Å². The number of nitrogens with zero attached hydrogens (tertiary/aromatic N) is 1. The summed E-state index contributed by atoms with van der Waals surface area (Å²) >= 11 is 0. The molecule has 3 aromatic rings. The first kappa shape index (κ1) is 20.0. The van der Waals surface area contributed by atoms with Gasteiger partial charge in [-0.1, -0.05) is 6.07 Å². The highest BCUT2D eigenvalue weighted by molar-refractivity contribution is 6.08. The minimum absolute atomic E-state index is 0.328. The monoisotopic (exact) mass is 393 g/mol. The van der Waals surface area contributed by atoms with Crippen LogP contribution in [0.4, 0.5) is 17.2 Å². The van der Waals surface area contributed by atoms with Gasteiger partial charge in [0, 0.05) is 5.69 Å². The summed E-state index contributed by atoms with van der Waals surface area (Å²) in [5, 5.41) is 6.02. The summed E-state index contributed by atoms with van der Waals surface area (Å²) in [5.41, 5.74) is 1.77. The predicted octanol–water partition coefficient (Wildman–Crippen LogP) is 4.49. The molecule has 1 amide bonds. The summed E-state index contributed by atoms with van der Waals surface area (Å²) in [6.07, 6.45) is 1.58. The molecule has 7 nitrogen and oxygen atoms in total. The van der Waals surface area contributed by atoms with E-state index in [4.69, 9.17) is 14.2 Å². The molecule has 29 heavy (non-hydrogen) atoms. The van der Waals surface area contributed by atoms with Crippen molar-refractivity contribution in [2.75, 3.05) is 31.5 Å². The van der Waals surface area contributed by atoms with Crippen LogP contribution in [0.5, 0.6) is 17.2 Å². The molecule has 0 unspecified atom stereocenters. The SMILES string of the molecule is CCOc1ccc(Nc2ccc(NC(=O)c3c(OC)cccc3OC)cn2)cc1. The lowest BCUT2D eigenvalue weighted by molar-refractivity contribution is 0.102. The highest BCUT2D eigenvalue weighted by Crippen LogP contribution is 2.29. The lowest BCUT2D eigenvalue weighted by atomic mass is 10.1. The first-order chi connectivity index (χ1) is 14.1. The zero-order valence-electron chi connectivity index (χ0n) is 16.6. The number of anilines is 3. The molecule has 1 heterocycles. The first-order valence-electron chi connectivity index (χ1n) is 9.13. The highest BCUT2D eigenvalue weighted by Gasteiger charge is 2.18. The zero-order valence-corrected chi connectivity index (χ0v) is 16.6. The van der Waals surface area contributed by atoms with Gasteiger partial charge in [-0.15, -0.1) is 0 Å². The molecule has 0 atom stereocenters. The van der Waals surface area contributed by atoms with E-state index in [1.165, 1.54) is 14.2 Å². The second kappa shape index (κ2) is 9.45. The van der Waals surface area contributed by atoms with Gasteiger partial charge in [-0.3, -0.25) is 4.79 Å². The molecular formula is C22H23N3O4. The summed E-state index contributed by atoms with van der Waals surface area (Å²) in [4.78, 5) is 17.1. The Bertz CT molecular complexity index is 935. The number of hydrogen-bond acceptors (Lipinski definition) is 6. The van der Waals surface area contributed by atoms with E-state index >= 15 is 0 Å². The molecule has 150 valence electrons. The lowest BCUT2D eigenvalue weighted by Crippen LogP contribution is -2.14. The summed E-state index contributed by atoms with van der Waals surface area (Å²) in [7, 11) is 3.02.